The first-order valence-electron chi connectivity index (χ1n) is 3.38. The van der Waals surface area contributed by atoms with Gasteiger partial charge in [-0.1, -0.05) is 11.1 Å². The number of allylic oxidation sites excluding steroid dienone is 3. The van der Waals surface area contributed by atoms with Crippen LogP contribution in [0.4, 0.5) is 0 Å². The van der Waals surface area contributed by atoms with Gasteiger partial charge in [-0.3, -0.25) is 0 Å². The van der Waals surface area contributed by atoms with Crippen LogP contribution in [-0.4, -0.2) is 23.2 Å². The molecule has 1 atom stereocenters. The molecule has 1 unspecified atom stereocenters. The molecule has 2 heterocycles. The molecule has 0 aromatic rings. The van der Waals surface area contributed by atoms with Crippen LogP contribution in [0.15, 0.2) is 28.9 Å². The van der Waals surface area contributed by atoms with E-state index in [4.69, 9.17) is 0 Å². The quantitative estimate of drug-likeness (QED) is 0.437. The third-order valence-corrected chi connectivity index (χ3v) is 1.80. The van der Waals surface area contributed by atoms with Gasteiger partial charge < -0.3 is 0 Å². The fraction of sp³-hybridized carbons (Fsp3) is 0.250. The normalized spacial score (nSPS) is 27.9. The predicted molar refractivity (Wildman–Crippen MR) is 41.5 cm³/mol. The number of nitrogens with zero attached hydrogens (tertiary/aromatic N) is 2. The molecule has 0 N–H and O–H groups in total. The molecule has 0 aliphatic carbocycles. The van der Waals surface area contributed by atoms with E-state index in [0.29, 0.717) is 6.04 Å². The summed E-state index contributed by atoms with van der Waals surface area (Å²) in [4.78, 5) is 4.06. The summed E-state index contributed by atoms with van der Waals surface area (Å²) >= 11 is 0. The summed E-state index contributed by atoms with van der Waals surface area (Å²) in [5.74, 6) is 0. The molecule has 0 bridgehead atoms. The Morgan fingerprint density at radius 2 is 2.50 bits per heavy atom. The van der Waals surface area contributed by atoms with Crippen LogP contribution in [0.2, 0.25) is 0 Å². The Labute approximate surface area is 59.9 Å². The average Bonchev–Trinajstić information content (AvgIpc) is 2.36. The molecule has 0 spiro atoms. The number of aliphatic imine (C=N–C) groups is 1. The number of hydrogen-bond acceptors (Lipinski definition) is 1. The van der Waals surface area contributed by atoms with Gasteiger partial charge in [0.05, 0.1) is 0 Å². The van der Waals surface area contributed by atoms with Crippen molar-refractivity contribution < 1.29 is 4.58 Å². The molecule has 2 rings (SSSR count). The molecule has 2 nitrogen and oxygen atoms in total. The maximum absolute atomic E-state index is 4.06. The van der Waals surface area contributed by atoms with Crippen molar-refractivity contribution in [1.82, 2.24) is 0 Å². The van der Waals surface area contributed by atoms with Crippen molar-refractivity contribution in [2.75, 3.05) is 0 Å². The Balaban J connectivity index is 2.44. The van der Waals surface area contributed by atoms with Crippen molar-refractivity contribution in [3.63, 3.8) is 0 Å². The minimum atomic E-state index is 0.380. The van der Waals surface area contributed by atoms with Gasteiger partial charge in [0, 0.05) is 0 Å². The van der Waals surface area contributed by atoms with Gasteiger partial charge in [-0.15, -0.1) is 0 Å². The zero-order valence-electron chi connectivity index (χ0n) is 5.86. The number of fused-ring (bicyclic) bond motifs is 1. The highest BCUT2D eigenvalue weighted by Gasteiger charge is 2.21. The van der Waals surface area contributed by atoms with Gasteiger partial charge >= 0.3 is 0 Å². The van der Waals surface area contributed by atoms with Crippen molar-refractivity contribution in [3.8, 4) is 0 Å². The number of hydrogen-bond donors (Lipinski definition) is 0. The Bertz CT molecular complexity index is 269. The second-order valence-electron chi connectivity index (χ2n) is 2.50. The van der Waals surface area contributed by atoms with Gasteiger partial charge in [-0.25, -0.2) is 4.58 Å². The van der Waals surface area contributed by atoms with Crippen molar-refractivity contribution >= 4 is 12.6 Å². The van der Waals surface area contributed by atoms with Gasteiger partial charge in [0.1, 0.15) is 5.70 Å². The molecule has 2 aliphatic rings. The van der Waals surface area contributed by atoms with Crippen LogP contribution in [0.5, 0.6) is 0 Å². The molecule has 0 fully saturated rings. The third kappa shape index (κ3) is 0.652. The molecular weight excluding hydrogens is 124 g/mol. The van der Waals surface area contributed by atoms with E-state index in [2.05, 4.69) is 34.7 Å². The van der Waals surface area contributed by atoms with Gasteiger partial charge in [0.2, 0.25) is 0 Å². The van der Waals surface area contributed by atoms with Crippen LogP contribution in [-0.2, 0) is 0 Å². The molecular formula is C8H9N2+. The lowest BCUT2D eigenvalue weighted by molar-refractivity contribution is -0.479. The molecule has 50 valence electrons. The first-order valence-corrected chi connectivity index (χ1v) is 3.38. The van der Waals surface area contributed by atoms with Gasteiger partial charge in [-0.2, -0.15) is 0 Å². The summed E-state index contributed by atoms with van der Waals surface area (Å²) in [5, 5.41) is 0. The molecule has 2 heteroatoms. The lowest BCUT2D eigenvalue weighted by atomic mass is 10.2. The maximum Gasteiger partial charge on any atom is 0.286 e. The molecule has 0 aromatic carbocycles. The first-order chi connectivity index (χ1) is 4.88. The van der Waals surface area contributed by atoms with Gasteiger partial charge in [0.15, 0.2) is 12.3 Å². The van der Waals surface area contributed by atoms with Crippen LogP contribution < -0.4 is 0 Å². The molecule has 0 saturated carbocycles. The van der Waals surface area contributed by atoms with E-state index in [1.165, 1.54) is 5.70 Å². The average molecular weight is 133 g/mol. The molecule has 0 aromatic heterocycles. The van der Waals surface area contributed by atoms with Gasteiger partial charge in [-0.05, 0) is 19.1 Å². The number of rotatable bonds is 0. The van der Waals surface area contributed by atoms with Crippen molar-refractivity contribution in [3.05, 3.63) is 23.9 Å². The minimum Gasteiger partial charge on any atom is -0.221 e. The third-order valence-electron chi connectivity index (χ3n) is 1.80. The van der Waals surface area contributed by atoms with Crippen LogP contribution in [0, 0.1) is 0 Å². The summed E-state index contributed by atoms with van der Waals surface area (Å²) in [6.45, 7) is 2.08. The minimum absolute atomic E-state index is 0.380. The highest BCUT2D eigenvalue weighted by molar-refractivity contribution is 5.79. The Kier molecular flexibility index (Phi) is 1.07. The largest absolute Gasteiger partial charge is 0.286 e. The Morgan fingerprint density at radius 3 is 3.30 bits per heavy atom. The van der Waals surface area contributed by atoms with Crippen LogP contribution in [0.1, 0.15) is 6.92 Å². The van der Waals surface area contributed by atoms with E-state index < -0.39 is 0 Å². The summed E-state index contributed by atoms with van der Waals surface area (Å²) < 4.78 is 2.14. The summed E-state index contributed by atoms with van der Waals surface area (Å²) in [5.41, 5.74) is 1.25. The maximum atomic E-state index is 4.06. The smallest absolute Gasteiger partial charge is 0.221 e. The van der Waals surface area contributed by atoms with Crippen molar-refractivity contribution in [2.45, 2.75) is 13.0 Å². The summed E-state index contributed by atoms with van der Waals surface area (Å²) in [6.07, 6.45) is 10.1. The zero-order chi connectivity index (χ0) is 6.97. The van der Waals surface area contributed by atoms with Crippen LogP contribution in [0.25, 0.3) is 0 Å². The van der Waals surface area contributed by atoms with E-state index in [1.807, 2.05) is 12.6 Å². The van der Waals surface area contributed by atoms with E-state index in [-0.39, 0.29) is 0 Å². The highest BCUT2D eigenvalue weighted by Crippen LogP contribution is 2.10. The SMILES string of the molecule is CC1=CC=CC2C=NC=[N+]12. The predicted octanol–water partition coefficient (Wildman–Crippen LogP) is 0.954. The molecule has 2 aliphatic heterocycles. The topological polar surface area (TPSA) is 15.4 Å². The Morgan fingerprint density at radius 1 is 1.60 bits per heavy atom. The lowest BCUT2D eigenvalue weighted by Gasteiger charge is -2.08. The molecule has 0 radical (unpaired) electrons. The highest BCUT2D eigenvalue weighted by atomic mass is 15.1. The fourth-order valence-corrected chi connectivity index (χ4v) is 1.21. The second kappa shape index (κ2) is 1.90. The lowest BCUT2D eigenvalue weighted by Crippen LogP contribution is -2.22. The van der Waals surface area contributed by atoms with E-state index >= 15 is 0 Å². The molecule has 0 amide bonds. The summed E-state index contributed by atoms with van der Waals surface area (Å²) in [7, 11) is 0. The van der Waals surface area contributed by atoms with Gasteiger partial charge in [0.25, 0.3) is 6.34 Å². The van der Waals surface area contributed by atoms with E-state index in [9.17, 15) is 0 Å². The van der Waals surface area contributed by atoms with E-state index in [1.54, 1.807) is 0 Å². The summed E-state index contributed by atoms with van der Waals surface area (Å²) in [6, 6.07) is 0.380. The van der Waals surface area contributed by atoms with Crippen LogP contribution >= 0.6 is 0 Å². The van der Waals surface area contributed by atoms with E-state index in [0.717, 1.165) is 0 Å². The zero-order valence-corrected chi connectivity index (χ0v) is 5.86. The standard InChI is InChI=1S/C8H9N2/c1-7-3-2-4-8-5-9-6-10(7)8/h2-6,8H,1H3/q+1. The monoisotopic (exact) mass is 133 g/mol. The fourth-order valence-electron chi connectivity index (χ4n) is 1.21. The Hall–Kier alpha value is -1.18. The molecule has 10 heavy (non-hydrogen) atoms. The van der Waals surface area contributed by atoms with Crippen LogP contribution in [0.3, 0.4) is 0 Å². The second-order valence-corrected chi connectivity index (χ2v) is 2.50. The molecule has 0 saturated heterocycles. The van der Waals surface area contributed by atoms with Crippen molar-refractivity contribution in [2.24, 2.45) is 4.99 Å². The first kappa shape index (κ1) is 5.59. The van der Waals surface area contributed by atoms with Crippen molar-refractivity contribution in [1.29, 1.82) is 0 Å².